The normalized spacial score (nSPS) is 9.36. The van der Waals surface area contributed by atoms with Crippen LogP contribution in [-0.2, 0) is 9.59 Å². The average molecular weight is 157 g/mol. The van der Waals surface area contributed by atoms with Crippen LogP contribution in [0.25, 0.3) is 0 Å². The van der Waals surface area contributed by atoms with Crippen LogP contribution in [0.5, 0.6) is 0 Å². The second kappa shape index (κ2) is 4.88. The zero-order chi connectivity index (χ0) is 8.85. The number of Topliss-reactive ketones (excluding diaryl/α,β-unsaturated/α-hetero) is 1. The molecule has 0 aliphatic carbocycles. The fourth-order valence-electron chi connectivity index (χ4n) is 0.690. The molecule has 0 unspecified atom stereocenters. The van der Waals surface area contributed by atoms with Crippen molar-refractivity contribution in [3.05, 3.63) is 0 Å². The molecule has 0 fully saturated rings. The zero-order valence-electron chi connectivity index (χ0n) is 7.39. The summed E-state index contributed by atoms with van der Waals surface area (Å²) in [4.78, 5) is 23.4. The predicted octanol–water partition coefficient (Wildman–Crippen LogP) is 0.834. The Hall–Kier alpha value is -0.860. The number of rotatable bonds is 4. The maximum atomic E-state index is 11.0. The van der Waals surface area contributed by atoms with E-state index in [9.17, 15) is 9.59 Å². The molecular weight excluding hydrogens is 142 g/mol. The number of carbonyl (C=O) groups is 2. The maximum Gasteiger partial charge on any atom is 0.289 e. The van der Waals surface area contributed by atoms with E-state index >= 15 is 0 Å². The Balaban J connectivity index is 3.92. The van der Waals surface area contributed by atoms with Gasteiger partial charge in [-0.3, -0.25) is 9.59 Å². The molecule has 0 rings (SSSR count). The highest BCUT2D eigenvalue weighted by Crippen LogP contribution is 1.93. The van der Waals surface area contributed by atoms with Gasteiger partial charge in [0, 0.05) is 20.0 Å². The fraction of sp³-hybridized carbons (Fsp3) is 0.750. The molecular formula is C8H15NO2. The molecule has 0 spiro atoms. The van der Waals surface area contributed by atoms with E-state index in [0.717, 1.165) is 6.42 Å². The van der Waals surface area contributed by atoms with Gasteiger partial charge in [-0.25, -0.2) is 0 Å². The summed E-state index contributed by atoms with van der Waals surface area (Å²) in [6, 6.07) is 0. The molecule has 0 saturated carbocycles. The molecule has 0 aromatic rings. The molecule has 11 heavy (non-hydrogen) atoms. The van der Waals surface area contributed by atoms with Crippen molar-refractivity contribution in [3.63, 3.8) is 0 Å². The third-order valence-electron chi connectivity index (χ3n) is 1.54. The Labute approximate surface area is 67.4 Å². The first-order valence-electron chi connectivity index (χ1n) is 3.91. The second-order valence-electron chi connectivity index (χ2n) is 2.49. The molecule has 0 aliphatic heterocycles. The predicted molar refractivity (Wildman–Crippen MR) is 43.2 cm³/mol. The lowest BCUT2D eigenvalue weighted by Crippen LogP contribution is -2.32. The highest BCUT2D eigenvalue weighted by molar-refractivity contribution is 6.35. The second-order valence-corrected chi connectivity index (χ2v) is 2.49. The molecule has 0 aliphatic rings. The highest BCUT2D eigenvalue weighted by Gasteiger charge is 2.15. The number of hydrogen-bond donors (Lipinski definition) is 0. The third kappa shape index (κ3) is 3.16. The van der Waals surface area contributed by atoms with Crippen LogP contribution >= 0.6 is 0 Å². The van der Waals surface area contributed by atoms with E-state index in [4.69, 9.17) is 0 Å². The molecule has 0 bridgehead atoms. The lowest BCUT2D eigenvalue weighted by Gasteiger charge is -2.12. The van der Waals surface area contributed by atoms with E-state index in [1.165, 1.54) is 4.90 Å². The topological polar surface area (TPSA) is 37.4 Å². The zero-order valence-corrected chi connectivity index (χ0v) is 7.39. The van der Waals surface area contributed by atoms with Crippen LogP contribution in [0.15, 0.2) is 0 Å². The van der Waals surface area contributed by atoms with Gasteiger partial charge in [-0.05, 0) is 13.3 Å². The largest absolute Gasteiger partial charge is 0.339 e. The highest BCUT2D eigenvalue weighted by atomic mass is 16.2. The van der Waals surface area contributed by atoms with Crippen molar-refractivity contribution in [1.82, 2.24) is 4.90 Å². The van der Waals surface area contributed by atoms with Crippen molar-refractivity contribution in [3.8, 4) is 0 Å². The molecule has 0 aromatic heterocycles. The Morgan fingerprint density at radius 1 is 1.27 bits per heavy atom. The van der Waals surface area contributed by atoms with Crippen LogP contribution in [0.3, 0.4) is 0 Å². The van der Waals surface area contributed by atoms with E-state index < -0.39 is 0 Å². The Bertz CT molecular complexity index is 154. The van der Waals surface area contributed by atoms with Gasteiger partial charge < -0.3 is 4.90 Å². The Kier molecular flexibility index (Phi) is 4.50. The van der Waals surface area contributed by atoms with Crippen molar-refractivity contribution < 1.29 is 9.59 Å². The van der Waals surface area contributed by atoms with Gasteiger partial charge in [-0.1, -0.05) is 6.92 Å². The molecule has 0 atom stereocenters. The summed E-state index contributed by atoms with van der Waals surface area (Å²) in [7, 11) is 1.63. The lowest BCUT2D eigenvalue weighted by atomic mass is 10.2. The van der Waals surface area contributed by atoms with Crippen molar-refractivity contribution >= 4 is 11.7 Å². The molecule has 3 heteroatoms. The van der Waals surface area contributed by atoms with Crippen molar-refractivity contribution in [1.29, 1.82) is 0 Å². The third-order valence-corrected chi connectivity index (χ3v) is 1.54. The maximum absolute atomic E-state index is 11.0. The minimum Gasteiger partial charge on any atom is -0.339 e. The van der Waals surface area contributed by atoms with Crippen LogP contribution in [0.1, 0.15) is 26.7 Å². The summed E-state index contributed by atoms with van der Waals surface area (Å²) in [6.07, 6.45) is 1.10. The molecule has 0 aromatic carbocycles. The molecule has 64 valence electrons. The summed E-state index contributed by atoms with van der Waals surface area (Å²) >= 11 is 0. The van der Waals surface area contributed by atoms with Gasteiger partial charge in [-0.2, -0.15) is 0 Å². The van der Waals surface area contributed by atoms with Crippen molar-refractivity contribution in [2.45, 2.75) is 26.7 Å². The average Bonchev–Trinajstić information content (AvgIpc) is 2.02. The van der Waals surface area contributed by atoms with Crippen molar-refractivity contribution in [2.75, 3.05) is 13.6 Å². The van der Waals surface area contributed by atoms with E-state index in [-0.39, 0.29) is 11.7 Å². The van der Waals surface area contributed by atoms with Gasteiger partial charge in [0.25, 0.3) is 5.91 Å². The first-order chi connectivity index (χ1) is 5.13. The number of carbonyl (C=O) groups excluding carboxylic acids is 2. The number of nitrogens with zero attached hydrogens (tertiary/aromatic N) is 1. The summed E-state index contributed by atoms with van der Waals surface area (Å²) in [5, 5.41) is 0. The van der Waals surface area contributed by atoms with E-state index in [2.05, 4.69) is 0 Å². The minimum atomic E-state index is -0.366. The molecule has 0 N–H and O–H groups in total. The van der Waals surface area contributed by atoms with Crippen LogP contribution in [-0.4, -0.2) is 30.2 Å². The van der Waals surface area contributed by atoms with Gasteiger partial charge in [0.1, 0.15) is 0 Å². The smallest absolute Gasteiger partial charge is 0.289 e. The molecule has 0 radical (unpaired) electrons. The van der Waals surface area contributed by atoms with Crippen LogP contribution < -0.4 is 0 Å². The number of likely N-dealkylation sites (N-methyl/N-ethyl adjacent to an activating group) is 1. The van der Waals surface area contributed by atoms with E-state index in [1.54, 1.807) is 7.05 Å². The monoisotopic (exact) mass is 157 g/mol. The van der Waals surface area contributed by atoms with Gasteiger partial charge in [0.05, 0.1) is 0 Å². The lowest BCUT2D eigenvalue weighted by molar-refractivity contribution is -0.143. The Morgan fingerprint density at radius 2 is 1.82 bits per heavy atom. The van der Waals surface area contributed by atoms with Gasteiger partial charge >= 0.3 is 0 Å². The number of ketones is 1. The number of hydrogen-bond acceptors (Lipinski definition) is 2. The summed E-state index contributed by atoms with van der Waals surface area (Å²) in [6.45, 7) is 4.32. The first-order valence-corrected chi connectivity index (χ1v) is 3.91. The standard InChI is InChI=1S/C8H15NO2/c1-4-6-7(10)8(11)9(3)5-2/h4-6H2,1-3H3. The van der Waals surface area contributed by atoms with Crippen LogP contribution in [0.2, 0.25) is 0 Å². The first kappa shape index (κ1) is 10.1. The van der Waals surface area contributed by atoms with Gasteiger partial charge in [0.15, 0.2) is 0 Å². The molecule has 0 saturated heterocycles. The van der Waals surface area contributed by atoms with Gasteiger partial charge in [0.2, 0.25) is 5.78 Å². The van der Waals surface area contributed by atoms with E-state index in [0.29, 0.717) is 13.0 Å². The van der Waals surface area contributed by atoms with Crippen LogP contribution in [0.4, 0.5) is 0 Å². The molecule has 0 heterocycles. The molecule has 3 nitrogen and oxygen atoms in total. The number of amides is 1. The molecule has 1 amide bonds. The Morgan fingerprint density at radius 3 is 2.18 bits per heavy atom. The van der Waals surface area contributed by atoms with E-state index in [1.807, 2.05) is 13.8 Å². The minimum absolute atomic E-state index is 0.281. The van der Waals surface area contributed by atoms with Crippen LogP contribution in [0, 0.1) is 0 Å². The van der Waals surface area contributed by atoms with Crippen molar-refractivity contribution in [2.24, 2.45) is 0 Å². The fourth-order valence-corrected chi connectivity index (χ4v) is 0.690. The quantitative estimate of drug-likeness (QED) is 0.567. The summed E-state index contributed by atoms with van der Waals surface area (Å²) in [5.41, 5.74) is 0. The summed E-state index contributed by atoms with van der Waals surface area (Å²) < 4.78 is 0. The SMILES string of the molecule is CCCC(=O)C(=O)N(C)CC. The summed E-state index contributed by atoms with van der Waals surface area (Å²) in [5.74, 6) is -0.647. The van der Waals surface area contributed by atoms with Gasteiger partial charge in [-0.15, -0.1) is 0 Å².